The van der Waals surface area contributed by atoms with E-state index in [-0.39, 0.29) is 0 Å². The highest BCUT2D eigenvalue weighted by Crippen LogP contribution is 2.29. The van der Waals surface area contributed by atoms with Crippen molar-refractivity contribution in [2.24, 2.45) is 0 Å². The lowest BCUT2D eigenvalue weighted by atomic mass is 10.1. The van der Waals surface area contributed by atoms with Gasteiger partial charge in [0.2, 0.25) is 0 Å². The molecule has 0 saturated heterocycles. The van der Waals surface area contributed by atoms with E-state index in [2.05, 4.69) is 14.8 Å². The van der Waals surface area contributed by atoms with Crippen molar-refractivity contribution in [1.29, 1.82) is 0 Å². The fraction of sp³-hybridized carbons (Fsp3) is 0.538. The van der Waals surface area contributed by atoms with Crippen molar-refractivity contribution in [3.8, 4) is 0 Å². The summed E-state index contributed by atoms with van der Waals surface area (Å²) in [6.07, 6.45) is 7.12. The Labute approximate surface area is 110 Å². The summed E-state index contributed by atoms with van der Waals surface area (Å²) >= 11 is 1.51. The molecule has 0 amide bonds. The van der Waals surface area contributed by atoms with Gasteiger partial charge >= 0.3 is 0 Å². The smallest absolute Gasteiger partial charge is 0.102 e. The highest BCUT2D eigenvalue weighted by atomic mass is 32.1. The molecule has 1 saturated carbocycles. The molecular formula is C13H17N3OS. The van der Waals surface area contributed by atoms with Crippen LogP contribution < -0.4 is 0 Å². The number of rotatable bonds is 4. The van der Waals surface area contributed by atoms with Crippen LogP contribution in [0.5, 0.6) is 0 Å². The van der Waals surface area contributed by atoms with Gasteiger partial charge in [-0.15, -0.1) is 11.3 Å². The van der Waals surface area contributed by atoms with E-state index in [1.807, 2.05) is 17.6 Å². The standard InChI is InChI=1S/C13H17N3OS/c17-13(12-8-18-9-14-12)7-10-5-6-16(15-10)11-3-1-2-4-11/h5-6,8-9,11,13,17H,1-4,7H2. The van der Waals surface area contributed by atoms with Crippen molar-refractivity contribution >= 4 is 11.3 Å². The molecule has 1 fully saturated rings. The third-order valence-electron chi connectivity index (χ3n) is 3.56. The molecule has 0 bridgehead atoms. The molecule has 2 heterocycles. The van der Waals surface area contributed by atoms with Gasteiger partial charge in [-0.1, -0.05) is 12.8 Å². The minimum absolute atomic E-state index is 0.539. The third-order valence-corrected chi connectivity index (χ3v) is 4.16. The number of aromatic nitrogens is 3. The zero-order chi connectivity index (χ0) is 12.4. The summed E-state index contributed by atoms with van der Waals surface area (Å²) in [6.45, 7) is 0. The first-order valence-corrected chi connectivity index (χ1v) is 7.37. The van der Waals surface area contributed by atoms with Crippen molar-refractivity contribution < 1.29 is 5.11 Å². The number of hydrogen-bond donors (Lipinski definition) is 1. The first kappa shape index (κ1) is 11.9. The summed E-state index contributed by atoms with van der Waals surface area (Å²) in [5.74, 6) is 0. The van der Waals surface area contributed by atoms with Crippen LogP contribution in [0.3, 0.4) is 0 Å². The quantitative estimate of drug-likeness (QED) is 0.922. The molecule has 1 aliphatic rings. The normalized spacial score (nSPS) is 18.3. The second-order valence-electron chi connectivity index (χ2n) is 4.86. The molecule has 1 atom stereocenters. The zero-order valence-electron chi connectivity index (χ0n) is 10.2. The molecule has 1 N–H and O–H groups in total. The van der Waals surface area contributed by atoms with E-state index >= 15 is 0 Å². The molecule has 18 heavy (non-hydrogen) atoms. The topological polar surface area (TPSA) is 50.9 Å². The Morgan fingerprint density at radius 1 is 1.44 bits per heavy atom. The summed E-state index contributed by atoms with van der Waals surface area (Å²) in [4.78, 5) is 4.13. The maximum atomic E-state index is 10.0. The lowest BCUT2D eigenvalue weighted by molar-refractivity contribution is 0.172. The molecule has 2 aromatic rings. The van der Waals surface area contributed by atoms with Crippen molar-refractivity contribution in [3.05, 3.63) is 34.5 Å². The van der Waals surface area contributed by atoms with Gasteiger partial charge in [-0.05, 0) is 18.9 Å². The van der Waals surface area contributed by atoms with Crippen molar-refractivity contribution in [3.63, 3.8) is 0 Å². The predicted octanol–water partition coefficient (Wildman–Crippen LogP) is 2.73. The minimum atomic E-state index is -0.539. The molecule has 2 aromatic heterocycles. The number of hydrogen-bond acceptors (Lipinski definition) is 4. The van der Waals surface area contributed by atoms with E-state index in [1.54, 1.807) is 5.51 Å². The van der Waals surface area contributed by atoms with Gasteiger partial charge in [0, 0.05) is 18.0 Å². The van der Waals surface area contributed by atoms with Gasteiger partial charge < -0.3 is 5.11 Å². The summed E-state index contributed by atoms with van der Waals surface area (Å²) in [5, 5.41) is 16.5. The van der Waals surface area contributed by atoms with E-state index in [0.717, 1.165) is 11.4 Å². The Bertz CT molecular complexity index is 488. The first-order chi connectivity index (χ1) is 8.83. The molecule has 4 nitrogen and oxygen atoms in total. The average Bonchev–Trinajstić information content (AvgIpc) is 3.12. The highest BCUT2D eigenvalue weighted by molar-refractivity contribution is 7.07. The highest BCUT2D eigenvalue weighted by Gasteiger charge is 2.18. The molecule has 5 heteroatoms. The average molecular weight is 263 g/mol. The number of aliphatic hydroxyl groups is 1. The Balaban J connectivity index is 1.66. The van der Waals surface area contributed by atoms with Gasteiger partial charge in [-0.3, -0.25) is 4.68 Å². The maximum Gasteiger partial charge on any atom is 0.102 e. The Hall–Kier alpha value is -1.20. The van der Waals surface area contributed by atoms with Crippen LogP contribution in [0.25, 0.3) is 0 Å². The number of aliphatic hydroxyl groups excluding tert-OH is 1. The Kier molecular flexibility index (Phi) is 3.43. The van der Waals surface area contributed by atoms with Crippen LogP contribution in [0.4, 0.5) is 0 Å². The number of nitrogens with zero attached hydrogens (tertiary/aromatic N) is 3. The molecule has 0 radical (unpaired) electrons. The monoisotopic (exact) mass is 263 g/mol. The maximum absolute atomic E-state index is 10.0. The Morgan fingerprint density at radius 3 is 3.00 bits per heavy atom. The van der Waals surface area contributed by atoms with Crippen LogP contribution in [-0.2, 0) is 6.42 Å². The van der Waals surface area contributed by atoms with Crippen LogP contribution in [-0.4, -0.2) is 19.9 Å². The first-order valence-electron chi connectivity index (χ1n) is 6.43. The zero-order valence-corrected chi connectivity index (χ0v) is 11.0. The van der Waals surface area contributed by atoms with Gasteiger partial charge in [0.15, 0.2) is 0 Å². The largest absolute Gasteiger partial charge is 0.386 e. The fourth-order valence-electron chi connectivity index (χ4n) is 2.55. The minimum Gasteiger partial charge on any atom is -0.386 e. The molecule has 0 aromatic carbocycles. The predicted molar refractivity (Wildman–Crippen MR) is 70.5 cm³/mol. The lowest BCUT2D eigenvalue weighted by Gasteiger charge is -2.09. The summed E-state index contributed by atoms with van der Waals surface area (Å²) in [6, 6.07) is 2.57. The van der Waals surface area contributed by atoms with Crippen molar-refractivity contribution in [1.82, 2.24) is 14.8 Å². The van der Waals surface area contributed by atoms with Gasteiger partial charge in [-0.25, -0.2) is 4.98 Å². The van der Waals surface area contributed by atoms with E-state index in [1.165, 1.54) is 37.0 Å². The van der Waals surface area contributed by atoms with Gasteiger partial charge in [0.25, 0.3) is 0 Å². The van der Waals surface area contributed by atoms with E-state index in [9.17, 15) is 5.11 Å². The SMILES string of the molecule is OC(Cc1ccn(C2CCCC2)n1)c1cscn1. The lowest BCUT2D eigenvalue weighted by Crippen LogP contribution is -2.07. The van der Waals surface area contributed by atoms with Crippen LogP contribution in [0.2, 0.25) is 0 Å². The second kappa shape index (κ2) is 5.20. The molecule has 3 rings (SSSR count). The van der Waals surface area contributed by atoms with E-state index in [0.29, 0.717) is 12.5 Å². The summed E-state index contributed by atoms with van der Waals surface area (Å²) in [5.41, 5.74) is 3.44. The fourth-order valence-corrected chi connectivity index (χ4v) is 3.15. The molecule has 1 unspecified atom stereocenters. The molecular weight excluding hydrogens is 246 g/mol. The van der Waals surface area contributed by atoms with Gasteiger partial charge in [0.05, 0.1) is 22.9 Å². The van der Waals surface area contributed by atoms with Crippen LogP contribution >= 0.6 is 11.3 Å². The third kappa shape index (κ3) is 2.47. The van der Waals surface area contributed by atoms with Crippen LogP contribution in [0.15, 0.2) is 23.2 Å². The molecule has 1 aliphatic carbocycles. The van der Waals surface area contributed by atoms with Gasteiger partial charge in [0.1, 0.15) is 6.10 Å². The molecule has 96 valence electrons. The number of thiazole rings is 1. The van der Waals surface area contributed by atoms with Crippen molar-refractivity contribution in [2.45, 2.75) is 44.2 Å². The summed E-state index contributed by atoms with van der Waals surface area (Å²) in [7, 11) is 0. The molecule has 0 spiro atoms. The second-order valence-corrected chi connectivity index (χ2v) is 5.58. The Morgan fingerprint density at radius 2 is 2.28 bits per heavy atom. The van der Waals surface area contributed by atoms with Gasteiger partial charge in [-0.2, -0.15) is 5.10 Å². The molecule has 0 aliphatic heterocycles. The summed E-state index contributed by atoms with van der Waals surface area (Å²) < 4.78 is 2.07. The van der Waals surface area contributed by atoms with Crippen molar-refractivity contribution in [2.75, 3.05) is 0 Å². The van der Waals surface area contributed by atoms with Crippen LogP contribution in [0, 0.1) is 0 Å². The van der Waals surface area contributed by atoms with E-state index in [4.69, 9.17) is 0 Å². The van der Waals surface area contributed by atoms with E-state index < -0.39 is 6.10 Å². The van der Waals surface area contributed by atoms with Crippen LogP contribution in [0.1, 0.15) is 49.2 Å².